The van der Waals surface area contributed by atoms with Gasteiger partial charge in [0.25, 0.3) is 11.8 Å². The summed E-state index contributed by atoms with van der Waals surface area (Å²) in [5.41, 5.74) is 2.72. The van der Waals surface area contributed by atoms with Gasteiger partial charge in [0.05, 0.1) is 12.2 Å². The molecule has 0 aliphatic carbocycles. The van der Waals surface area contributed by atoms with Crippen LogP contribution in [0.2, 0.25) is 5.02 Å². The number of imide groups is 1. The van der Waals surface area contributed by atoms with Crippen molar-refractivity contribution in [3.63, 3.8) is 0 Å². The average Bonchev–Trinajstić information content (AvgIpc) is 3.16. The van der Waals surface area contributed by atoms with Crippen LogP contribution in [-0.4, -0.2) is 28.9 Å². The van der Waals surface area contributed by atoms with E-state index in [1.54, 1.807) is 29.3 Å². The number of benzene rings is 2. The van der Waals surface area contributed by atoms with Gasteiger partial charge in [0.15, 0.2) is 12.1 Å². The van der Waals surface area contributed by atoms with Gasteiger partial charge in [-0.25, -0.2) is 4.90 Å². The normalized spacial score (nSPS) is 21.6. The molecule has 26 heavy (non-hydrogen) atoms. The van der Waals surface area contributed by atoms with Crippen LogP contribution >= 0.6 is 11.6 Å². The lowest BCUT2D eigenvalue weighted by atomic mass is 10.1. The van der Waals surface area contributed by atoms with Gasteiger partial charge in [0.1, 0.15) is 0 Å². The van der Waals surface area contributed by atoms with Crippen molar-refractivity contribution >= 4 is 29.1 Å². The molecule has 0 N–H and O–H groups in total. The fourth-order valence-corrected chi connectivity index (χ4v) is 3.48. The molecule has 0 saturated carbocycles. The summed E-state index contributed by atoms with van der Waals surface area (Å²) in [4.78, 5) is 26.7. The second-order valence-corrected chi connectivity index (χ2v) is 6.79. The molecule has 2 heterocycles. The Kier molecular flexibility index (Phi) is 4.20. The number of halogens is 1. The molecule has 0 aromatic heterocycles. The van der Waals surface area contributed by atoms with Crippen molar-refractivity contribution in [3.05, 3.63) is 64.7 Å². The number of amides is 2. The number of anilines is 1. The Morgan fingerprint density at radius 2 is 1.77 bits per heavy atom. The van der Waals surface area contributed by atoms with E-state index in [4.69, 9.17) is 11.6 Å². The number of fused-ring (bicyclic) bond motifs is 1. The molecule has 1 fully saturated rings. The van der Waals surface area contributed by atoms with E-state index < -0.39 is 12.1 Å². The summed E-state index contributed by atoms with van der Waals surface area (Å²) < 4.78 is 0. The van der Waals surface area contributed by atoms with Crippen molar-refractivity contribution in [1.29, 1.82) is 0 Å². The molecule has 7 heteroatoms. The lowest BCUT2D eigenvalue weighted by molar-refractivity contribution is -0.123. The van der Waals surface area contributed by atoms with Crippen molar-refractivity contribution in [1.82, 2.24) is 5.01 Å². The van der Waals surface area contributed by atoms with Gasteiger partial charge in [0.2, 0.25) is 0 Å². The Labute approximate surface area is 156 Å². The summed E-state index contributed by atoms with van der Waals surface area (Å²) in [6.45, 7) is 2.53. The Balaban J connectivity index is 1.57. The van der Waals surface area contributed by atoms with Crippen LogP contribution in [0, 0.1) is 0 Å². The molecule has 1 saturated heterocycles. The molecular formula is C19H17ClN4O2. The standard InChI is InChI=1S/C19H17ClN4O2/c1-2-12-6-8-13(9-7-12)11-23-17-16(21-22-23)18(25)24(19(17)26)15-5-3-4-14(20)10-15/h3-10,16-17H,2,11H2,1H3/t16-,17-/m0/s1. The molecular weight excluding hydrogens is 352 g/mol. The van der Waals surface area contributed by atoms with Crippen LogP contribution in [-0.2, 0) is 22.6 Å². The molecule has 0 unspecified atom stereocenters. The molecule has 2 atom stereocenters. The highest BCUT2D eigenvalue weighted by Crippen LogP contribution is 2.33. The van der Waals surface area contributed by atoms with Crippen LogP contribution in [0.5, 0.6) is 0 Å². The van der Waals surface area contributed by atoms with E-state index in [0.29, 0.717) is 17.3 Å². The van der Waals surface area contributed by atoms with E-state index >= 15 is 0 Å². The van der Waals surface area contributed by atoms with Crippen molar-refractivity contribution in [2.75, 3.05) is 4.90 Å². The largest absolute Gasteiger partial charge is 0.271 e. The molecule has 0 radical (unpaired) electrons. The van der Waals surface area contributed by atoms with Crippen LogP contribution < -0.4 is 4.90 Å². The van der Waals surface area contributed by atoms with E-state index in [9.17, 15) is 9.59 Å². The topological polar surface area (TPSA) is 65.3 Å². The molecule has 132 valence electrons. The first-order valence-electron chi connectivity index (χ1n) is 8.47. The number of nitrogens with zero attached hydrogens (tertiary/aromatic N) is 4. The molecule has 0 bridgehead atoms. The number of hydrogen-bond donors (Lipinski definition) is 0. The van der Waals surface area contributed by atoms with E-state index in [0.717, 1.165) is 16.9 Å². The van der Waals surface area contributed by atoms with Crippen LogP contribution in [0.3, 0.4) is 0 Å². The number of rotatable bonds is 4. The van der Waals surface area contributed by atoms with Crippen molar-refractivity contribution in [2.24, 2.45) is 10.3 Å². The van der Waals surface area contributed by atoms with Crippen LogP contribution in [0.1, 0.15) is 18.1 Å². The highest BCUT2D eigenvalue weighted by Gasteiger charge is 2.54. The predicted molar refractivity (Wildman–Crippen MR) is 97.7 cm³/mol. The minimum absolute atomic E-state index is 0.322. The lowest BCUT2D eigenvalue weighted by Gasteiger charge is -2.20. The summed E-state index contributed by atoms with van der Waals surface area (Å²) in [6.07, 6.45) is 0.968. The van der Waals surface area contributed by atoms with Gasteiger partial charge in [-0.3, -0.25) is 14.6 Å². The zero-order valence-electron chi connectivity index (χ0n) is 14.2. The summed E-state index contributed by atoms with van der Waals surface area (Å²) in [5.74, 6) is -0.688. The summed E-state index contributed by atoms with van der Waals surface area (Å²) in [6, 6.07) is 13.3. The molecule has 2 aliphatic rings. The summed E-state index contributed by atoms with van der Waals surface area (Å²) >= 11 is 6.00. The molecule has 2 aromatic rings. The van der Waals surface area contributed by atoms with Crippen molar-refractivity contribution < 1.29 is 9.59 Å². The maximum atomic E-state index is 12.9. The highest BCUT2D eigenvalue weighted by molar-refractivity contribution is 6.31. The highest BCUT2D eigenvalue weighted by atomic mass is 35.5. The second-order valence-electron chi connectivity index (χ2n) is 6.35. The third-order valence-electron chi connectivity index (χ3n) is 4.70. The Morgan fingerprint density at radius 3 is 2.46 bits per heavy atom. The van der Waals surface area contributed by atoms with Gasteiger partial charge >= 0.3 is 0 Å². The fourth-order valence-electron chi connectivity index (χ4n) is 3.29. The zero-order valence-corrected chi connectivity index (χ0v) is 14.9. The first kappa shape index (κ1) is 16.7. The van der Waals surface area contributed by atoms with Gasteiger partial charge in [-0.05, 0) is 35.7 Å². The van der Waals surface area contributed by atoms with Gasteiger partial charge in [-0.2, -0.15) is 5.11 Å². The molecule has 6 nitrogen and oxygen atoms in total. The van der Waals surface area contributed by atoms with E-state index in [2.05, 4.69) is 29.4 Å². The van der Waals surface area contributed by atoms with Crippen molar-refractivity contribution in [3.8, 4) is 0 Å². The van der Waals surface area contributed by atoms with E-state index in [1.807, 2.05) is 12.1 Å². The van der Waals surface area contributed by atoms with Gasteiger partial charge in [-0.15, -0.1) is 0 Å². The smallest absolute Gasteiger partial charge is 0.263 e. The maximum absolute atomic E-state index is 12.9. The number of carbonyl (C=O) groups is 2. The van der Waals surface area contributed by atoms with E-state index in [1.165, 1.54) is 5.56 Å². The fraction of sp³-hybridized carbons (Fsp3) is 0.263. The maximum Gasteiger partial charge on any atom is 0.263 e. The SMILES string of the molecule is CCc1ccc(CN2N=N[C@@H]3C(=O)N(c4cccc(Cl)c4)C(=O)[C@H]32)cc1. The van der Waals surface area contributed by atoms with Gasteiger partial charge in [0, 0.05) is 5.02 Å². The number of aryl methyl sites for hydroxylation is 1. The van der Waals surface area contributed by atoms with E-state index in [-0.39, 0.29) is 11.8 Å². The monoisotopic (exact) mass is 368 g/mol. The summed E-state index contributed by atoms with van der Waals surface area (Å²) in [7, 11) is 0. The Bertz CT molecular complexity index is 897. The minimum atomic E-state index is -0.795. The quantitative estimate of drug-likeness (QED) is 0.777. The molecule has 2 aromatic carbocycles. The van der Waals surface area contributed by atoms with Crippen LogP contribution in [0.4, 0.5) is 5.69 Å². The van der Waals surface area contributed by atoms with Crippen molar-refractivity contribution in [2.45, 2.75) is 32.0 Å². The number of carbonyl (C=O) groups excluding carboxylic acids is 2. The first-order chi connectivity index (χ1) is 12.6. The molecule has 0 spiro atoms. The van der Waals surface area contributed by atoms with Crippen LogP contribution in [0.25, 0.3) is 0 Å². The first-order valence-corrected chi connectivity index (χ1v) is 8.85. The average molecular weight is 369 g/mol. The number of hydrogen-bond acceptors (Lipinski definition) is 5. The molecule has 4 rings (SSSR count). The minimum Gasteiger partial charge on any atom is -0.271 e. The third-order valence-corrected chi connectivity index (χ3v) is 4.94. The summed E-state index contributed by atoms with van der Waals surface area (Å²) in [5, 5.41) is 10.2. The molecule has 2 aliphatic heterocycles. The third kappa shape index (κ3) is 2.76. The predicted octanol–water partition coefficient (Wildman–Crippen LogP) is 3.40. The van der Waals surface area contributed by atoms with Gasteiger partial charge < -0.3 is 0 Å². The lowest BCUT2D eigenvalue weighted by Crippen LogP contribution is -2.39. The van der Waals surface area contributed by atoms with Crippen LogP contribution in [0.15, 0.2) is 58.9 Å². The zero-order chi connectivity index (χ0) is 18.3. The van der Waals surface area contributed by atoms with Gasteiger partial charge in [-0.1, -0.05) is 54.1 Å². The Morgan fingerprint density at radius 1 is 1.04 bits per heavy atom. The molecule has 2 amide bonds. The second kappa shape index (κ2) is 6.53. The Hall–Kier alpha value is -2.73.